The van der Waals surface area contributed by atoms with Crippen molar-refractivity contribution < 1.29 is 14.4 Å². The van der Waals surface area contributed by atoms with Crippen LogP contribution in [0.1, 0.15) is 50.5 Å². The molecule has 0 atom stereocenters. The van der Waals surface area contributed by atoms with Gasteiger partial charge in [-0.3, -0.25) is 14.5 Å². The van der Waals surface area contributed by atoms with Gasteiger partial charge in [0.25, 0.3) is 5.91 Å². The van der Waals surface area contributed by atoms with Crippen LogP contribution in [0.4, 0.5) is 4.79 Å². The molecule has 3 fully saturated rings. The third kappa shape index (κ3) is 3.77. The van der Waals surface area contributed by atoms with Crippen molar-refractivity contribution in [3.05, 3.63) is 35.9 Å². The Morgan fingerprint density at radius 1 is 1.04 bits per heavy atom. The van der Waals surface area contributed by atoms with Crippen molar-refractivity contribution in [3.63, 3.8) is 0 Å². The van der Waals surface area contributed by atoms with Gasteiger partial charge in [-0.05, 0) is 43.6 Å². The molecule has 2 heterocycles. The number of hydrogen-bond donors (Lipinski definition) is 1. The topological polar surface area (TPSA) is 69.7 Å². The summed E-state index contributed by atoms with van der Waals surface area (Å²) in [4.78, 5) is 40.9. The number of rotatable bonds is 4. The molecule has 0 unspecified atom stereocenters. The first-order valence-electron chi connectivity index (χ1n) is 10.5. The minimum atomic E-state index is -0.752. The maximum atomic E-state index is 12.8. The van der Waals surface area contributed by atoms with Crippen LogP contribution in [0.3, 0.4) is 0 Å². The summed E-state index contributed by atoms with van der Waals surface area (Å²) in [5, 5.41) is 2.88. The average Bonchev–Trinajstić information content (AvgIpc) is 2.94. The molecule has 28 heavy (non-hydrogen) atoms. The van der Waals surface area contributed by atoms with Crippen LogP contribution in [0.5, 0.6) is 0 Å². The highest BCUT2D eigenvalue weighted by atomic mass is 16.2. The number of hydrogen-bond acceptors (Lipinski definition) is 3. The normalized spacial score (nSPS) is 22.6. The van der Waals surface area contributed by atoms with Gasteiger partial charge >= 0.3 is 6.03 Å². The van der Waals surface area contributed by atoms with Crippen molar-refractivity contribution in [2.45, 2.75) is 56.9 Å². The Morgan fingerprint density at radius 3 is 2.39 bits per heavy atom. The van der Waals surface area contributed by atoms with Crippen LogP contribution in [-0.2, 0) is 16.0 Å². The summed E-state index contributed by atoms with van der Waals surface area (Å²) in [6, 6.07) is 10.0. The smallest absolute Gasteiger partial charge is 0.325 e. The summed E-state index contributed by atoms with van der Waals surface area (Å²) < 4.78 is 0. The van der Waals surface area contributed by atoms with E-state index < -0.39 is 11.6 Å². The van der Waals surface area contributed by atoms with Crippen LogP contribution in [-0.4, -0.2) is 52.8 Å². The summed E-state index contributed by atoms with van der Waals surface area (Å²) in [6.07, 6.45) is 7.33. The third-order valence-corrected chi connectivity index (χ3v) is 6.58. The van der Waals surface area contributed by atoms with E-state index in [9.17, 15) is 14.4 Å². The molecule has 0 aromatic heterocycles. The minimum absolute atomic E-state index is 0.116. The van der Waals surface area contributed by atoms with Gasteiger partial charge in [-0.2, -0.15) is 0 Å². The van der Waals surface area contributed by atoms with Gasteiger partial charge in [0.15, 0.2) is 0 Å². The average molecular weight is 383 g/mol. The molecule has 3 aliphatic rings. The fourth-order valence-corrected chi connectivity index (χ4v) is 4.88. The molecule has 150 valence electrons. The fourth-order valence-electron chi connectivity index (χ4n) is 4.88. The molecule has 0 radical (unpaired) electrons. The molecule has 1 spiro atoms. The highest BCUT2D eigenvalue weighted by Crippen LogP contribution is 2.33. The van der Waals surface area contributed by atoms with E-state index in [1.54, 1.807) is 0 Å². The van der Waals surface area contributed by atoms with Gasteiger partial charge in [0, 0.05) is 13.1 Å². The van der Waals surface area contributed by atoms with E-state index in [-0.39, 0.29) is 18.4 Å². The van der Waals surface area contributed by atoms with Gasteiger partial charge in [0.2, 0.25) is 5.91 Å². The Morgan fingerprint density at radius 2 is 1.71 bits per heavy atom. The second kappa shape index (κ2) is 7.94. The monoisotopic (exact) mass is 383 g/mol. The summed E-state index contributed by atoms with van der Waals surface area (Å²) in [7, 11) is 0. The van der Waals surface area contributed by atoms with E-state index in [2.05, 4.69) is 29.6 Å². The van der Waals surface area contributed by atoms with Crippen LogP contribution in [0.15, 0.2) is 30.3 Å². The summed E-state index contributed by atoms with van der Waals surface area (Å²) in [6.45, 7) is 1.27. The second-order valence-corrected chi connectivity index (χ2v) is 8.48. The van der Waals surface area contributed by atoms with Gasteiger partial charge in [0.1, 0.15) is 12.1 Å². The van der Waals surface area contributed by atoms with E-state index >= 15 is 0 Å². The number of piperidine rings is 1. The highest BCUT2D eigenvalue weighted by Gasteiger charge is 2.51. The van der Waals surface area contributed by atoms with Crippen molar-refractivity contribution in [3.8, 4) is 0 Å². The van der Waals surface area contributed by atoms with Crippen LogP contribution >= 0.6 is 0 Å². The maximum Gasteiger partial charge on any atom is 0.325 e. The molecule has 1 aliphatic carbocycles. The SMILES string of the molecule is O=C(CN1C(=O)NC2(CCCCC2)C1=O)N1CCC(Cc2ccccc2)CC1. The number of amides is 4. The van der Waals surface area contributed by atoms with Gasteiger partial charge in [-0.25, -0.2) is 4.79 Å². The third-order valence-electron chi connectivity index (χ3n) is 6.58. The zero-order chi connectivity index (χ0) is 19.6. The fraction of sp³-hybridized carbons (Fsp3) is 0.591. The number of imide groups is 1. The van der Waals surface area contributed by atoms with Gasteiger partial charge in [0.05, 0.1) is 0 Å². The quantitative estimate of drug-likeness (QED) is 0.813. The van der Waals surface area contributed by atoms with E-state index in [0.29, 0.717) is 31.8 Å². The summed E-state index contributed by atoms with van der Waals surface area (Å²) in [5.41, 5.74) is 0.586. The minimum Gasteiger partial charge on any atom is -0.341 e. The van der Waals surface area contributed by atoms with Crippen LogP contribution < -0.4 is 5.32 Å². The summed E-state index contributed by atoms with van der Waals surface area (Å²) in [5.74, 6) is 0.257. The molecule has 1 saturated carbocycles. The molecule has 6 heteroatoms. The number of benzene rings is 1. The predicted octanol–water partition coefficient (Wildman–Crippen LogP) is 2.72. The Bertz CT molecular complexity index is 735. The molecule has 1 N–H and O–H groups in total. The lowest BCUT2D eigenvalue weighted by molar-refractivity contribution is -0.140. The van der Waals surface area contributed by atoms with E-state index in [4.69, 9.17) is 0 Å². The number of carbonyl (C=O) groups is 3. The van der Waals surface area contributed by atoms with Gasteiger partial charge < -0.3 is 10.2 Å². The zero-order valence-corrected chi connectivity index (χ0v) is 16.4. The van der Waals surface area contributed by atoms with Crippen molar-refractivity contribution in [1.82, 2.24) is 15.1 Å². The Kier molecular flexibility index (Phi) is 5.38. The zero-order valence-electron chi connectivity index (χ0n) is 16.4. The van der Waals surface area contributed by atoms with Crippen LogP contribution in [0, 0.1) is 5.92 Å². The molecule has 2 aliphatic heterocycles. The molecule has 0 bridgehead atoms. The lowest BCUT2D eigenvalue weighted by Crippen LogP contribution is -2.49. The number of likely N-dealkylation sites (tertiary alicyclic amines) is 1. The first-order chi connectivity index (χ1) is 13.6. The molecular weight excluding hydrogens is 354 g/mol. The lowest BCUT2D eigenvalue weighted by atomic mass is 9.82. The second-order valence-electron chi connectivity index (χ2n) is 8.48. The van der Waals surface area contributed by atoms with Crippen LogP contribution in [0.25, 0.3) is 0 Å². The Labute approximate surface area is 166 Å². The number of urea groups is 1. The molecule has 1 aromatic carbocycles. The van der Waals surface area contributed by atoms with Crippen molar-refractivity contribution in [1.29, 1.82) is 0 Å². The van der Waals surface area contributed by atoms with E-state index in [1.807, 2.05) is 11.0 Å². The van der Waals surface area contributed by atoms with Crippen LogP contribution in [0.2, 0.25) is 0 Å². The van der Waals surface area contributed by atoms with Gasteiger partial charge in [-0.1, -0.05) is 49.6 Å². The lowest BCUT2D eigenvalue weighted by Gasteiger charge is -2.33. The van der Waals surface area contributed by atoms with E-state index in [0.717, 1.165) is 43.4 Å². The summed E-state index contributed by atoms with van der Waals surface area (Å²) >= 11 is 0. The first-order valence-corrected chi connectivity index (χ1v) is 10.5. The number of nitrogens with one attached hydrogen (secondary N) is 1. The predicted molar refractivity (Wildman–Crippen MR) is 106 cm³/mol. The highest BCUT2D eigenvalue weighted by molar-refractivity contribution is 6.09. The molecule has 4 amide bonds. The Balaban J connectivity index is 1.30. The van der Waals surface area contributed by atoms with Crippen molar-refractivity contribution in [2.24, 2.45) is 5.92 Å². The van der Waals surface area contributed by atoms with Crippen molar-refractivity contribution >= 4 is 17.8 Å². The maximum absolute atomic E-state index is 12.8. The molecule has 4 rings (SSSR count). The first kappa shape index (κ1) is 19.0. The molecule has 2 saturated heterocycles. The van der Waals surface area contributed by atoms with E-state index in [1.165, 1.54) is 5.56 Å². The van der Waals surface area contributed by atoms with Crippen molar-refractivity contribution in [2.75, 3.05) is 19.6 Å². The van der Waals surface area contributed by atoms with Gasteiger partial charge in [-0.15, -0.1) is 0 Å². The molecule has 6 nitrogen and oxygen atoms in total. The number of carbonyl (C=O) groups excluding carboxylic acids is 3. The largest absolute Gasteiger partial charge is 0.341 e. The molecular formula is C22H29N3O3. The molecule has 1 aromatic rings. The number of nitrogens with zero attached hydrogens (tertiary/aromatic N) is 2. The standard InChI is InChI=1S/C22H29N3O3/c26-19(16-25-20(27)22(23-21(25)28)11-5-2-6-12-22)24-13-9-18(10-14-24)15-17-7-3-1-4-8-17/h1,3-4,7-8,18H,2,5-6,9-16H2,(H,23,28). The Hall–Kier alpha value is -2.37.